The summed E-state index contributed by atoms with van der Waals surface area (Å²) in [5.41, 5.74) is 18.9. The lowest BCUT2D eigenvalue weighted by atomic mass is 9.74. The molecule has 2 aliphatic rings. The van der Waals surface area contributed by atoms with Crippen LogP contribution in [0.3, 0.4) is 0 Å². The molecule has 0 saturated carbocycles. The van der Waals surface area contributed by atoms with Gasteiger partial charge in [-0.25, -0.2) is 9.97 Å². The van der Waals surface area contributed by atoms with Crippen LogP contribution in [0.15, 0.2) is 175 Å². The second-order valence-electron chi connectivity index (χ2n) is 14.8. The van der Waals surface area contributed by atoms with Gasteiger partial charge in [0.05, 0.1) is 0 Å². The summed E-state index contributed by atoms with van der Waals surface area (Å²) in [4.78, 5) is 9.63. The highest BCUT2D eigenvalue weighted by molar-refractivity contribution is 6.07. The molecular formula is C50H34N2O. The van der Waals surface area contributed by atoms with Crippen LogP contribution in [0.1, 0.15) is 47.2 Å². The van der Waals surface area contributed by atoms with Gasteiger partial charge in [0.1, 0.15) is 23.1 Å². The molecule has 0 N–H and O–H groups in total. The van der Waals surface area contributed by atoms with E-state index in [0.29, 0.717) is 5.58 Å². The first-order valence-corrected chi connectivity index (χ1v) is 18.3. The first-order chi connectivity index (χ1) is 26.0. The van der Waals surface area contributed by atoms with Crippen molar-refractivity contribution in [2.45, 2.75) is 24.7 Å². The van der Waals surface area contributed by atoms with Crippen LogP contribution in [0.2, 0.25) is 0 Å². The highest BCUT2D eigenvalue weighted by atomic mass is 16.3. The summed E-state index contributed by atoms with van der Waals surface area (Å²) in [6, 6.07) is 59.5. The van der Waals surface area contributed by atoms with Crippen molar-refractivity contribution in [3.05, 3.63) is 203 Å². The number of nitrogens with zero attached hydrogens (tertiary/aromatic N) is 2. The zero-order valence-electron chi connectivity index (χ0n) is 29.5. The summed E-state index contributed by atoms with van der Waals surface area (Å²) in [7, 11) is 0. The molecule has 2 aliphatic carbocycles. The molecule has 250 valence electrons. The van der Waals surface area contributed by atoms with Crippen molar-refractivity contribution in [3.8, 4) is 44.6 Å². The second-order valence-corrected chi connectivity index (χ2v) is 14.8. The maximum atomic E-state index is 6.61. The predicted molar refractivity (Wildman–Crippen MR) is 215 cm³/mol. The standard InChI is InChI=1S/C50H34N2O/c1-49(41-21-7-3-17-36(41)37-18-4-8-22-42(37)49)34-15-11-13-31(27-34)32-25-26-45-40(29-32)47-48(53-45)46(51-30-52-47)33-14-12-16-35(28-33)50(2)43-23-9-5-19-38(43)39-20-6-10-24-44(39)50/h3-30H,1-2H3. The van der Waals surface area contributed by atoms with Crippen molar-refractivity contribution in [2.24, 2.45) is 0 Å². The molecule has 3 nitrogen and oxygen atoms in total. The average Bonchev–Trinajstić information content (AvgIpc) is 3.83. The largest absolute Gasteiger partial charge is 0.452 e. The lowest BCUT2D eigenvalue weighted by molar-refractivity contribution is 0.667. The van der Waals surface area contributed by atoms with E-state index in [1.54, 1.807) is 6.33 Å². The summed E-state index contributed by atoms with van der Waals surface area (Å²) in [5.74, 6) is 0. The van der Waals surface area contributed by atoms with Gasteiger partial charge in [-0.1, -0.05) is 140 Å². The van der Waals surface area contributed by atoms with Gasteiger partial charge in [0.25, 0.3) is 0 Å². The fraction of sp³-hybridized carbons (Fsp3) is 0.0800. The maximum absolute atomic E-state index is 6.61. The highest BCUT2D eigenvalue weighted by Crippen LogP contribution is 2.54. The Kier molecular flexibility index (Phi) is 6.22. The normalized spacial score (nSPS) is 14.5. The van der Waals surface area contributed by atoms with E-state index in [1.807, 2.05) is 0 Å². The Morgan fingerprint density at radius 2 is 0.906 bits per heavy atom. The molecule has 0 radical (unpaired) electrons. The zero-order valence-corrected chi connectivity index (χ0v) is 29.5. The molecule has 9 aromatic rings. The number of hydrogen-bond donors (Lipinski definition) is 0. The van der Waals surface area contributed by atoms with E-state index in [2.05, 4.69) is 178 Å². The molecule has 0 aliphatic heterocycles. The molecule has 0 amide bonds. The van der Waals surface area contributed by atoms with Crippen molar-refractivity contribution in [1.29, 1.82) is 0 Å². The topological polar surface area (TPSA) is 38.9 Å². The monoisotopic (exact) mass is 678 g/mol. The van der Waals surface area contributed by atoms with E-state index in [4.69, 9.17) is 14.4 Å². The van der Waals surface area contributed by atoms with E-state index in [9.17, 15) is 0 Å². The van der Waals surface area contributed by atoms with Gasteiger partial charge < -0.3 is 4.42 Å². The summed E-state index contributed by atoms with van der Waals surface area (Å²) in [5, 5.41) is 0.982. The summed E-state index contributed by atoms with van der Waals surface area (Å²) in [6.07, 6.45) is 1.67. The number of aromatic nitrogens is 2. The lowest BCUT2D eigenvalue weighted by Gasteiger charge is -2.28. The van der Waals surface area contributed by atoms with Crippen LogP contribution in [0.5, 0.6) is 0 Å². The molecular weight excluding hydrogens is 645 g/mol. The fourth-order valence-electron chi connectivity index (χ4n) is 9.48. The Labute approximate surface area is 308 Å². The minimum absolute atomic E-state index is 0.258. The van der Waals surface area contributed by atoms with Gasteiger partial charge >= 0.3 is 0 Å². The Morgan fingerprint density at radius 3 is 1.45 bits per heavy atom. The van der Waals surface area contributed by atoms with E-state index >= 15 is 0 Å². The number of furan rings is 1. The predicted octanol–water partition coefficient (Wildman–Crippen LogP) is 12.4. The maximum Gasteiger partial charge on any atom is 0.180 e. The van der Waals surface area contributed by atoms with Crippen LogP contribution in [0.4, 0.5) is 0 Å². The average molecular weight is 679 g/mol. The number of benzene rings is 7. The molecule has 0 spiro atoms. The molecule has 53 heavy (non-hydrogen) atoms. The molecule has 2 aromatic heterocycles. The molecule has 0 atom stereocenters. The van der Waals surface area contributed by atoms with Gasteiger partial charge in [0, 0.05) is 21.8 Å². The van der Waals surface area contributed by atoms with Crippen molar-refractivity contribution < 1.29 is 4.42 Å². The molecule has 0 unspecified atom stereocenters. The van der Waals surface area contributed by atoms with Crippen LogP contribution in [-0.4, -0.2) is 9.97 Å². The van der Waals surface area contributed by atoms with Crippen LogP contribution in [0.25, 0.3) is 66.7 Å². The minimum atomic E-state index is -0.299. The van der Waals surface area contributed by atoms with Crippen LogP contribution in [0, 0.1) is 0 Å². The molecule has 2 heterocycles. The minimum Gasteiger partial charge on any atom is -0.452 e. The smallest absolute Gasteiger partial charge is 0.180 e. The van der Waals surface area contributed by atoms with Gasteiger partial charge in [-0.05, 0) is 105 Å². The molecule has 7 aromatic carbocycles. The quantitative estimate of drug-likeness (QED) is 0.186. The molecule has 0 bridgehead atoms. The van der Waals surface area contributed by atoms with Crippen LogP contribution >= 0.6 is 0 Å². The first kappa shape index (κ1) is 30.1. The van der Waals surface area contributed by atoms with Gasteiger partial charge in [-0.15, -0.1) is 0 Å². The van der Waals surface area contributed by atoms with Crippen LogP contribution < -0.4 is 0 Å². The second kappa shape index (κ2) is 11.0. The van der Waals surface area contributed by atoms with Gasteiger partial charge in [0.2, 0.25) is 0 Å². The van der Waals surface area contributed by atoms with E-state index in [0.717, 1.165) is 38.9 Å². The van der Waals surface area contributed by atoms with Gasteiger partial charge in [0.15, 0.2) is 5.58 Å². The highest BCUT2D eigenvalue weighted by Gasteiger charge is 2.41. The van der Waals surface area contributed by atoms with E-state index < -0.39 is 0 Å². The van der Waals surface area contributed by atoms with Crippen molar-refractivity contribution in [2.75, 3.05) is 0 Å². The number of rotatable bonds is 4. The zero-order chi connectivity index (χ0) is 35.3. The number of fused-ring (bicyclic) bond motifs is 9. The fourth-order valence-corrected chi connectivity index (χ4v) is 9.48. The van der Waals surface area contributed by atoms with Gasteiger partial charge in [-0.3, -0.25) is 0 Å². The third-order valence-electron chi connectivity index (χ3n) is 12.2. The molecule has 3 heteroatoms. The summed E-state index contributed by atoms with van der Waals surface area (Å²) < 4.78 is 6.61. The third-order valence-corrected chi connectivity index (χ3v) is 12.2. The van der Waals surface area contributed by atoms with Crippen LogP contribution in [-0.2, 0) is 10.8 Å². The summed E-state index contributed by atoms with van der Waals surface area (Å²) >= 11 is 0. The Hall–Kier alpha value is -6.58. The Balaban J connectivity index is 1.01. The van der Waals surface area contributed by atoms with E-state index in [1.165, 1.54) is 55.6 Å². The molecule has 0 saturated heterocycles. The Morgan fingerprint density at radius 1 is 0.434 bits per heavy atom. The van der Waals surface area contributed by atoms with Crippen molar-refractivity contribution in [1.82, 2.24) is 9.97 Å². The van der Waals surface area contributed by atoms with E-state index in [-0.39, 0.29) is 10.8 Å². The van der Waals surface area contributed by atoms with Gasteiger partial charge in [-0.2, -0.15) is 0 Å². The molecule has 11 rings (SSSR count). The summed E-state index contributed by atoms with van der Waals surface area (Å²) in [6.45, 7) is 4.70. The third kappa shape index (κ3) is 4.11. The number of hydrogen-bond acceptors (Lipinski definition) is 3. The van der Waals surface area contributed by atoms with Crippen molar-refractivity contribution >= 4 is 22.1 Å². The lowest BCUT2D eigenvalue weighted by Crippen LogP contribution is -2.22. The molecule has 0 fully saturated rings. The first-order valence-electron chi connectivity index (χ1n) is 18.3. The SMILES string of the molecule is CC1(c2cccc(-c3ccc4oc5c(-c6cccc(C7(C)c8ccccc8-c8ccccc87)c6)ncnc5c4c3)c2)c2ccccc2-c2ccccc21. The Bertz CT molecular complexity index is 2860. The van der Waals surface area contributed by atoms with Crippen molar-refractivity contribution in [3.63, 3.8) is 0 Å².